The molecule has 6 heteroatoms. The highest BCUT2D eigenvalue weighted by Crippen LogP contribution is 2.23. The summed E-state index contributed by atoms with van der Waals surface area (Å²) in [6.07, 6.45) is 0. The topological polar surface area (TPSA) is 99.1 Å². The zero-order valence-corrected chi connectivity index (χ0v) is 9.04. The van der Waals surface area contributed by atoms with E-state index in [0.29, 0.717) is 5.56 Å². The van der Waals surface area contributed by atoms with E-state index in [4.69, 9.17) is 11.1 Å². The third-order valence-electron chi connectivity index (χ3n) is 1.86. The molecule has 0 saturated carbocycles. The average Bonchev–Trinajstić information content (AvgIpc) is 2.81. The number of carbonyl (C=O) groups is 1. The summed E-state index contributed by atoms with van der Waals surface area (Å²) in [5.74, 6) is 3.56. The summed E-state index contributed by atoms with van der Waals surface area (Å²) in [7, 11) is 0. The van der Waals surface area contributed by atoms with Crippen molar-refractivity contribution in [2.75, 3.05) is 0 Å². The highest BCUT2D eigenvalue weighted by molar-refractivity contribution is 7.08. The first kappa shape index (κ1) is 12.0. The van der Waals surface area contributed by atoms with E-state index in [2.05, 4.69) is 6.58 Å². The first-order valence-electron chi connectivity index (χ1n) is 4.18. The predicted octanol–water partition coefficient (Wildman–Crippen LogP) is 1.09. The molecule has 16 heavy (non-hydrogen) atoms. The summed E-state index contributed by atoms with van der Waals surface area (Å²) in [5.41, 5.74) is 2.18. The Labute approximate surface area is 96.1 Å². The first-order valence-corrected chi connectivity index (χ1v) is 5.12. The lowest BCUT2D eigenvalue weighted by Crippen LogP contribution is -2.31. The fourth-order valence-electron chi connectivity index (χ4n) is 1.01. The monoisotopic (exact) mass is 235 g/mol. The number of nitrogens with zero attached hydrogens (tertiary/aromatic N) is 1. The molecule has 0 aliphatic rings. The Hall–Kier alpha value is -2.10. The van der Waals surface area contributed by atoms with Crippen LogP contribution in [0.2, 0.25) is 0 Å². The predicted molar refractivity (Wildman–Crippen MR) is 61.0 cm³/mol. The highest BCUT2D eigenvalue weighted by Gasteiger charge is 2.17. The Morgan fingerprint density at radius 2 is 2.38 bits per heavy atom. The van der Waals surface area contributed by atoms with Crippen LogP contribution in [0, 0.1) is 11.3 Å². The molecule has 0 aliphatic heterocycles. The molecule has 82 valence electrons. The van der Waals surface area contributed by atoms with Crippen molar-refractivity contribution in [1.29, 1.82) is 5.26 Å². The van der Waals surface area contributed by atoms with Crippen molar-refractivity contribution in [2.45, 2.75) is 0 Å². The third-order valence-corrected chi connectivity index (χ3v) is 2.55. The van der Waals surface area contributed by atoms with Gasteiger partial charge in [0.1, 0.15) is 11.8 Å². The van der Waals surface area contributed by atoms with Crippen LogP contribution in [0.4, 0.5) is 0 Å². The number of hydrogen-bond acceptors (Lipinski definition) is 5. The zero-order chi connectivity index (χ0) is 12.1. The van der Waals surface area contributed by atoms with E-state index in [9.17, 15) is 9.90 Å². The molecule has 1 rings (SSSR count). The van der Waals surface area contributed by atoms with Gasteiger partial charge in [-0.15, -0.1) is 0 Å². The molecule has 0 saturated heterocycles. The maximum Gasteiger partial charge on any atom is 0.279 e. The molecule has 5 nitrogen and oxygen atoms in total. The van der Waals surface area contributed by atoms with Crippen LogP contribution in [0.25, 0.3) is 5.57 Å². The van der Waals surface area contributed by atoms with E-state index in [0.717, 1.165) is 0 Å². The van der Waals surface area contributed by atoms with Gasteiger partial charge in [-0.25, -0.2) is 5.84 Å². The molecule has 0 bridgehead atoms. The van der Waals surface area contributed by atoms with Crippen LogP contribution in [-0.4, -0.2) is 11.0 Å². The molecule has 1 aromatic heterocycles. The van der Waals surface area contributed by atoms with Gasteiger partial charge >= 0.3 is 0 Å². The van der Waals surface area contributed by atoms with E-state index < -0.39 is 17.2 Å². The van der Waals surface area contributed by atoms with Gasteiger partial charge in [0.15, 0.2) is 5.57 Å². The van der Waals surface area contributed by atoms with Crippen molar-refractivity contribution in [1.82, 2.24) is 5.43 Å². The number of rotatable bonds is 3. The van der Waals surface area contributed by atoms with E-state index in [1.165, 1.54) is 11.3 Å². The third kappa shape index (κ3) is 2.28. The molecule has 0 atom stereocenters. The molecule has 0 fully saturated rings. The Kier molecular flexibility index (Phi) is 3.83. The minimum absolute atomic E-state index is 0.210. The zero-order valence-electron chi connectivity index (χ0n) is 8.23. The van der Waals surface area contributed by atoms with E-state index in [-0.39, 0.29) is 5.57 Å². The van der Waals surface area contributed by atoms with Gasteiger partial charge in [0, 0.05) is 5.57 Å². The fourth-order valence-corrected chi connectivity index (χ4v) is 1.68. The van der Waals surface area contributed by atoms with Crippen LogP contribution in [-0.2, 0) is 4.79 Å². The molecule has 1 heterocycles. The second-order valence-electron chi connectivity index (χ2n) is 2.80. The highest BCUT2D eigenvalue weighted by atomic mass is 32.1. The van der Waals surface area contributed by atoms with Gasteiger partial charge in [-0.3, -0.25) is 10.2 Å². The maximum absolute atomic E-state index is 11.1. The van der Waals surface area contributed by atoms with Gasteiger partial charge in [-0.05, 0) is 22.4 Å². The van der Waals surface area contributed by atoms with Gasteiger partial charge < -0.3 is 5.11 Å². The van der Waals surface area contributed by atoms with Crippen LogP contribution in [0.15, 0.2) is 34.7 Å². The van der Waals surface area contributed by atoms with Gasteiger partial charge in [0.25, 0.3) is 5.91 Å². The summed E-state index contributed by atoms with van der Waals surface area (Å²) < 4.78 is 0. The second kappa shape index (κ2) is 5.11. The minimum Gasteiger partial charge on any atom is -0.506 e. The van der Waals surface area contributed by atoms with Gasteiger partial charge in [0.2, 0.25) is 0 Å². The van der Waals surface area contributed by atoms with Gasteiger partial charge in [0.05, 0.1) is 0 Å². The molecule has 0 unspecified atom stereocenters. The van der Waals surface area contributed by atoms with Crippen molar-refractivity contribution < 1.29 is 9.90 Å². The first-order chi connectivity index (χ1) is 7.61. The van der Waals surface area contributed by atoms with Crippen LogP contribution >= 0.6 is 11.3 Å². The second-order valence-corrected chi connectivity index (χ2v) is 3.58. The standard InChI is InChI=1S/C10H9N3O2S/c1-6(7-2-3-16-5-7)9(14)8(4-11)10(15)13-12/h2-3,5,14H,1,12H2,(H,13,15)/b9-8+. The van der Waals surface area contributed by atoms with Crippen LogP contribution in [0.3, 0.4) is 0 Å². The van der Waals surface area contributed by atoms with E-state index in [1.807, 2.05) is 0 Å². The average molecular weight is 235 g/mol. The number of carbonyl (C=O) groups excluding carboxylic acids is 1. The number of amides is 1. The Bertz CT molecular complexity index is 483. The number of nitriles is 1. The fraction of sp³-hybridized carbons (Fsp3) is 0. The summed E-state index contributed by atoms with van der Waals surface area (Å²) in [6, 6.07) is 3.30. The van der Waals surface area contributed by atoms with Crippen LogP contribution in [0.5, 0.6) is 0 Å². The van der Waals surface area contributed by atoms with Gasteiger partial charge in [-0.2, -0.15) is 16.6 Å². The Balaban J connectivity index is 3.13. The molecular formula is C10H9N3O2S. The Morgan fingerprint density at radius 1 is 1.69 bits per heavy atom. The maximum atomic E-state index is 11.1. The molecular weight excluding hydrogens is 226 g/mol. The lowest BCUT2D eigenvalue weighted by molar-refractivity contribution is -0.117. The molecule has 4 N–H and O–H groups in total. The largest absolute Gasteiger partial charge is 0.506 e. The number of nitrogens with two attached hydrogens (primary N) is 1. The molecule has 1 amide bonds. The Morgan fingerprint density at radius 3 is 2.81 bits per heavy atom. The molecule has 0 radical (unpaired) electrons. The van der Waals surface area contributed by atoms with Crippen molar-refractivity contribution in [3.05, 3.63) is 40.3 Å². The van der Waals surface area contributed by atoms with Crippen LogP contribution in [0.1, 0.15) is 5.56 Å². The summed E-state index contributed by atoms with van der Waals surface area (Å²) in [6.45, 7) is 3.61. The van der Waals surface area contributed by atoms with E-state index >= 15 is 0 Å². The number of allylic oxidation sites excluding steroid dienone is 1. The van der Waals surface area contributed by atoms with Crippen molar-refractivity contribution in [3.8, 4) is 6.07 Å². The van der Waals surface area contributed by atoms with Crippen molar-refractivity contribution in [2.24, 2.45) is 5.84 Å². The summed E-state index contributed by atoms with van der Waals surface area (Å²) in [5, 5.41) is 22.0. The number of hydrazine groups is 1. The number of thiophene rings is 1. The van der Waals surface area contributed by atoms with Crippen molar-refractivity contribution >= 4 is 22.8 Å². The minimum atomic E-state index is -0.851. The molecule has 0 aliphatic carbocycles. The van der Waals surface area contributed by atoms with Crippen LogP contribution < -0.4 is 11.3 Å². The number of aliphatic hydroxyl groups excluding tert-OH is 1. The van der Waals surface area contributed by atoms with Gasteiger partial charge in [-0.1, -0.05) is 6.58 Å². The van der Waals surface area contributed by atoms with E-state index in [1.54, 1.807) is 28.3 Å². The number of nitrogens with one attached hydrogen (secondary N) is 1. The normalized spacial score (nSPS) is 11.2. The number of hydrogen-bond donors (Lipinski definition) is 3. The number of aliphatic hydroxyl groups is 1. The quantitative estimate of drug-likeness (QED) is 0.139. The molecule has 0 spiro atoms. The SMILES string of the molecule is C=C(/C(O)=C(/C#N)C(=O)NN)c1ccsc1. The molecule has 0 aromatic carbocycles. The lowest BCUT2D eigenvalue weighted by atomic mass is 10.1. The molecule has 1 aromatic rings. The summed E-state index contributed by atoms with van der Waals surface area (Å²) >= 11 is 1.42. The summed E-state index contributed by atoms with van der Waals surface area (Å²) in [4.78, 5) is 11.1. The smallest absolute Gasteiger partial charge is 0.279 e. The van der Waals surface area contributed by atoms with Crippen molar-refractivity contribution in [3.63, 3.8) is 0 Å². The lowest BCUT2D eigenvalue weighted by Gasteiger charge is -2.04.